The van der Waals surface area contributed by atoms with Gasteiger partial charge < -0.3 is 10.1 Å². The lowest BCUT2D eigenvalue weighted by molar-refractivity contribution is -0.394. The number of ether oxygens (including phenoxy) is 1. The molecule has 4 rings (SSSR count). The van der Waals surface area contributed by atoms with Gasteiger partial charge in [0.25, 0.3) is 11.4 Å². The number of carbonyl (C=O) groups excluding carboxylic acids is 1. The maximum Gasteiger partial charge on any atom is 0.280 e. The van der Waals surface area contributed by atoms with E-state index in [-0.39, 0.29) is 11.5 Å². The van der Waals surface area contributed by atoms with Crippen LogP contribution in [-0.2, 0) is 17.6 Å². The van der Waals surface area contributed by atoms with E-state index in [9.17, 15) is 30.3 Å². The molecule has 3 aromatic rings. The van der Waals surface area contributed by atoms with Crippen LogP contribution in [-0.4, -0.2) is 15.8 Å². The van der Waals surface area contributed by atoms with Crippen molar-refractivity contribution in [1.82, 2.24) is 0 Å². The monoisotopic (exact) mass is 476 g/mol. The number of nitrogens with zero attached hydrogens (tertiary/aromatic N) is 3. The van der Waals surface area contributed by atoms with Gasteiger partial charge in [0.15, 0.2) is 0 Å². The highest BCUT2D eigenvalue weighted by molar-refractivity contribution is 7.16. The number of rotatable bonds is 7. The van der Waals surface area contributed by atoms with Gasteiger partial charge in [-0.2, -0.15) is 5.26 Å². The Labute approximate surface area is 197 Å². The number of benzene rings is 2. The number of nitro groups is 2. The molecule has 0 unspecified atom stereocenters. The third-order valence-electron chi connectivity index (χ3n) is 5.09. The summed E-state index contributed by atoms with van der Waals surface area (Å²) >= 11 is 1.43. The van der Waals surface area contributed by atoms with Gasteiger partial charge in [0, 0.05) is 11.0 Å². The molecule has 10 nitrogen and oxygen atoms in total. The molecule has 0 saturated heterocycles. The number of hydrogen-bond donors (Lipinski definition) is 1. The van der Waals surface area contributed by atoms with Gasteiger partial charge in [0.05, 0.1) is 33.6 Å². The lowest BCUT2D eigenvalue weighted by Crippen LogP contribution is -2.07. The molecule has 1 aliphatic carbocycles. The molecule has 0 saturated carbocycles. The van der Waals surface area contributed by atoms with Gasteiger partial charge in [-0.1, -0.05) is 12.1 Å². The molecule has 2 aromatic carbocycles. The Morgan fingerprint density at radius 1 is 1.09 bits per heavy atom. The Bertz CT molecular complexity index is 1360. The average molecular weight is 476 g/mol. The van der Waals surface area contributed by atoms with Crippen molar-refractivity contribution in [2.75, 3.05) is 5.32 Å². The van der Waals surface area contributed by atoms with Crippen LogP contribution >= 0.6 is 11.3 Å². The number of fused-ring (bicyclic) bond motifs is 1. The van der Waals surface area contributed by atoms with Crippen molar-refractivity contribution in [2.24, 2.45) is 0 Å². The molecule has 1 N–H and O–H groups in total. The summed E-state index contributed by atoms with van der Waals surface area (Å²) < 4.78 is 5.59. The summed E-state index contributed by atoms with van der Waals surface area (Å²) in [6.07, 6.45) is 5.66. The number of amides is 1. The van der Waals surface area contributed by atoms with E-state index in [1.54, 1.807) is 30.3 Å². The van der Waals surface area contributed by atoms with Crippen molar-refractivity contribution in [2.45, 2.75) is 19.3 Å². The molecule has 0 fully saturated rings. The zero-order valence-corrected chi connectivity index (χ0v) is 18.3. The van der Waals surface area contributed by atoms with Gasteiger partial charge in [0.2, 0.25) is 5.91 Å². The van der Waals surface area contributed by atoms with Crippen molar-refractivity contribution in [3.63, 3.8) is 0 Å². The first-order chi connectivity index (χ1) is 16.3. The van der Waals surface area contributed by atoms with Crippen molar-refractivity contribution in [3.8, 4) is 17.6 Å². The van der Waals surface area contributed by atoms with Crippen LogP contribution in [0.2, 0.25) is 0 Å². The standard InChI is InChI=1S/C23H16N4O6S/c24-13-20-19-5-2-6-21(19)34-23(20)25-22(28)8-7-14-3-1-4-17(9-14)33-18-11-15(26(29)30)10-16(12-18)27(31)32/h1,3-4,7-12H,2,5-6H2,(H,25,28). The van der Waals surface area contributed by atoms with E-state index in [1.165, 1.54) is 17.4 Å². The lowest BCUT2D eigenvalue weighted by atomic mass is 10.1. The molecule has 170 valence electrons. The molecule has 1 aromatic heterocycles. The number of thiophene rings is 1. The molecule has 1 amide bonds. The van der Waals surface area contributed by atoms with Crippen LogP contribution in [0, 0.1) is 31.6 Å². The number of anilines is 1. The molecule has 0 radical (unpaired) electrons. The van der Waals surface area contributed by atoms with Gasteiger partial charge in [-0.15, -0.1) is 11.3 Å². The van der Waals surface area contributed by atoms with E-state index in [0.29, 0.717) is 16.1 Å². The first-order valence-electron chi connectivity index (χ1n) is 10.1. The quantitative estimate of drug-likeness (QED) is 0.274. The number of hydrogen-bond acceptors (Lipinski definition) is 8. The van der Waals surface area contributed by atoms with Crippen LogP contribution in [0.25, 0.3) is 6.08 Å². The maximum absolute atomic E-state index is 12.4. The fourth-order valence-corrected chi connectivity index (χ4v) is 4.83. The summed E-state index contributed by atoms with van der Waals surface area (Å²) in [7, 11) is 0. The Morgan fingerprint density at radius 2 is 1.82 bits per heavy atom. The van der Waals surface area contributed by atoms with E-state index >= 15 is 0 Å². The molecule has 0 bridgehead atoms. The number of nitriles is 1. The highest BCUT2D eigenvalue weighted by Gasteiger charge is 2.22. The second-order valence-corrected chi connectivity index (χ2v) is 8.47. The summed E-state index contributed by atoms with van der Waals surface area (Å²) in [6.45, 7) is 0. The van der Waals surface area contributed by atoms with E-state index < -0.39 is 27.1 Å². The second-order valence-electron chi connectivity index (χ2n) is 7.37. The van der Waals surface area contributed by atoms with Crippen LogP contribution in [0.5, 0.6) is 11.5 Å². The lowest BCUT2D eigenvalue weighted by Gasteiger charge is -2.06. The molecule has 11 heteroatoms. The van der Waals surface area contributed by atoms with Crippen LogP contribution in [0.15, 0.2) is 48.5 Å². The average Bonchev–Trinajstić information content (AvgIpc) is 3.38. The Morgan fingerprint density at radius 3 is 2.50 bits per heavy atom. The van der Waals surface area contributed by atoms with E-state index in [2.05, 4.69) is 11.4 Å². The summed E-state index contributed by atoms with van der Waals surface area (Å²) in [5.41, 5.74) is 1.22. The Hall–Kier alpha value is -4.56. The van der Waals surface area contributed by atoms with Crippen molar-refractivity contribution >= 4 is 39.7 Å². The molecule has 1 aliphatic rings. The molecule has 0 aliphatic heterocycles. The van der Waals surface area contributed by atoms with Gasteiger partial charge in [-0.25, -0.2) is 0 Å². The van der Waals surface area contributed by atoms with Crippen LogP contribution in [0.1, 0.15) is 28.0 Å². The minimum absolute atomic E-state index is 0.0606. The molecule has 0 spiro atoms. The van der Waals surface area contributed by atoms with Gasteiger partial charge in [-0.05, 0) is 48.6 Å². The summed E-state index contributed by atoms with van der Waals surface area (Å²) in [4.78, 5) is 34.2. The highest BCUT2D eigenvalue weighted by atomic mass is 32.1. The topological polar surface area (TPSA) is 148 Å². The zero-order chi connectivity index (χ0) is 24.2. The molecular formula is C23H16N4O6S. The number of nitro benzene ring substituents is 2. The normalized spacial score (nSPS) is 12.2. The first-order valence-corrected chi connectivity index (χ1v) is 10.9. The fourth-order valence-electron chi connectivity index (χ4n) is 3.59. The molecule has 0 atom stereocenters. The van der Waals surface area contributed by atoms with Crippen molar-refractivity contribution in [3.05, 3.63) is 90.3 Å². The maximum atomic E-state index is 12.4. The van der Waals surface area contributed by atoms with Gasteiger partial charge >= 0.3 is 0 Å². The number of non-ortho nitro benzene ring substituents is 2. The molecular weight excluding hydrogens is 460 g/mol. The Kier molecular flexibility index (Phi) is 6.33. The third kappa shape index (κ3) is 4.92. The van der Waals surface area contributed by atoms with E-state index in [4.69, 9.17) is 4.74 Å². The van der Waals surface area contributed by atoms with E-state index in [1.807, 2.05) is 0 Å². The number of carbonyl (C=O) groups is 1. The van der Waals surface area contributed by atoms with Gasteiger partial charge in [-0.3, -0.25) is 25.0 Å². The smallest absolute Gasteiger partial charge is 0.280 e. The largest absolute Gasteiger partial charge is 0.457 e. The van der Waals surface area contributed by atoms with E-state index in [0.717, 1.165) is 47.9 Å². The number of aryl methyl sites for hydroxylation is 1. The molecule has 1 heterocycles. The fraction of sp³-hybridized carbons (Fsp3) is 0.130. The first kappa shape index (κ1) is 22.6. The second kappa shape index (κ2) is 9.51. The summed E-state index contributed by atoms with van der Waals surface area (Å²) in [5, 5.41) is 34.9. The van der Waals surface area contributed by atoms with Crippen molar-refractivity contribution < 1.29 is 19.4 Å². The van der Waals surface area contributed by atoms with Gasteiger partial charge in [0.1, 0.15) is 22.6 Å². The summed E-state index contributed by atoms with van der Waals surface area (Å²) in [5.74, 6) is -0.176. The Balaban J connectivity index is 1.48. The number of nitrogens with one attached hydrogen (secondary N) is 1. The van der Waals surface area contributed by atoms with Crippen LogP contribution in [0.3, 0.4) is 0 Å². The minimum atomic E-state index is -0.738. The predicted molar refractivity (Wildman–Crippen MR) is 125 cm³/mol. The highest BCUT2D eigenvalue weighted by Crippen LogP contribution is 2.38. The molecule has 34 heavy (non-hydrogen) atoms. The predicted octanol–water partition coefficient (Wildman–Crippen LogP) is 5.37. The van der Waals surface area contributed by atoms with Crippen LogP contribution < -0.4 is 10.1 Å². The third-order valence-corrected chi connectivity index (χ3v) is 6.30. The minimum Gasteiger partial charge on any atom is -0.457 e. The van der Waals surface area contributed by atoms with Crippen molar-refractivity contribution in [1.29, 1.82) is 5.26 Å². The van der Waals surface area contributed by atoms with Crippen LogP contribution in [0.4, 0.5) is 16.4 Å². The zero-order valence-electron chi connectivity index (χ0n) is 17.5. The summed E-state index contributed by atoms with van der Waals surface area (Å²) in [6, 6.07) is 11.7. The SMILES string of the molecule is N#Cc1c(NC(=O)C=Cc2cccc(Oc3cc([N+](=O)[O-])cc([N+](=O)[O-])c3)c2)sc2c1CCC2.